The van der Waals surface area contributed by atoms with Crippen molar-refractivity contribution in [2.75, 3.05) is 18.4 Å². The molecule has 1 aliphatic heterocycles. The Morgan fingerprint density at radius 1 is 1.12 bits per heavy atom. The second-order valence-electron chi connectivity index (χ2n) is 5.80. The third-order valence-corrected chi connectivity index (χ3v) is 4.00. The highest BCUT2D eigenvalue weighted by atomic mass is 35.5. The largest absolute Gasteiger partial charge is 0.346 e. The second kappa shape index (κ2) is 10.2. The lowest BCUT2D eigenvalue weighted by Gasteiger charge is -2.11. The molecule has 1 aromatic carbocycles. The molecule has 7 nitrogen and oxygen atoms in total. The number of imidazole rings is 1. The van der Waals surface area contributed by atoms with Gasteiger partial charge in [0, 0.05) is 30.4 Å². The van der Waals surface area contributed by atoms with E-state index in [1.807, 2.05) is 24.3 Å². The van der Waals surface area contributed by atoms with Gasteiger partial charge in [-0.15, -0.1) is 24.8 Å². The van der Waals surface area contributed by atoms with Crippen LogP contribution in [0.5, 0.6) is 0 Å². The molecule has 0 bridgehead atoms. The summed E-state index contributed by atoms with van der Waals surface area (Å²) in [5, 5.41) is 5.16. The summed E-state index contributed by atoms with van der Waals surface area (Å²) in [6, 6.07) is 7.53. The van der Waals surface area contributed by atoms with Crippen molar-refractivity contribution < 1.29 is 9.59 Å². The molecule has 26 heavy (non-hydrogen) atoms. The fourth-order valence-corrected chi connectivity index (χ4v) is 2.73. The fraction of sp³-hybridized carbons (Fsp3) is 0.353. The van der Waals surface area contributed by atoms with E-state index in [-0.39, 0.29) is 49.7 Å². The molecule has 0 radical (unpaired) electrons. The number of rotatable bonds is 5. The minimum atomic E-state index is -0.357. The van der Waals surface area contributed by atoms with Gasteiger partial charge in [0.2, 0.25) is 11.8 Å². The summed E-state index contributed by atoms with van der Waals surface area (Å²) in [4.78, 5) is 27.5. The number of hydrogen-bond donors (Lipinski definition) is 3. The molecule has 2 amide bonds. The van der Waals surface area contributed by atoms with E-state index in [1.165, 1.54) is 12.8 Å². The highest BCUT2D eigenvalue weighted by Gasteiger charge is 2.13. The smallest absolute Gasteiger partial charge is 0.243 e. The summed E-state index contributed by atoms with van der Waals surface area (Å²) < 4.78 is 2.22. The molecule has 1 aliphatic rings. The zero-order chi connectivity index (χ0) is 16.9. The Morgan fingerprint density at radius 3 is 2.50 bits per heavy atom. The molecule has 0 unspecified atom stereocenters. The van der Waals surface area contributed by atoms with E-state index >= 15 is 0 Å². The van der Waals surface area contributed by atoms with E-state index in [9.17, 15) is 9.59 Å². The Kier molecular flexibility index (Phi) is 8.57. The standard InChI is InChI=1S/C17H21N5O2.2ClH/c18-9-16(23)19-10-17(24)20-13-6-4-12(5-7-13)14-11-22-8-2-1-3-15(22)21-14;;/h4-7,11H,1-3,8-10,18H2,(H,19,23)(H,20,24);2*1H. The lowest BCUT2D eigenvalue weighted by Crippen LogP contribution is -2.36. The van der Waals surface area contributed by atoms with Crippen molar-refractivity contribution in [3.05, 3.63) is 36.3 Å². The molecule has 4 N–H and O–H groups in total. The first-order valence-corrected chi connectivity index (χ1v) is 8.09. The number of nitrogens with one attached hydrogen (secondary N) is 2. The summed E-state index contributed by atoms with van der Waals surface area (Å²) in [7, 11) is 0. The summed E-state index contributed by atoms with van der Waals surface area (Å²) in [5.74, 6) is 0.496. The lowest BCUT2D eigenvalue weighted by atomic mass is 10.1. The predicted molar refractivity (Wildman–Crippen MR) is 106 cm³/mol. The normalized spacial score (nSPS) is 12.2. The van der Waals surface area contributed by atoms with Crippen molar-refractivity contribution in [2.24, 2.45) is 5.73 Å². The molecular formula is C17H23Cl2N5O2. The van der Waals surface area contributed by atoms with Crippen molar-refractivity contribution in [2.45, 2.75) is 25.8 Å². The van der Waals surface area contributed by atoms with Crippen LogP contribution in [0.2, 0.25) is 0 Å². The minimum absolute atomic E-state index is 0. The van der Waals surface area contributed by atoms with E-state index in [0.717, 1.165) is 30.0 Å². The van der Waals surface area contributed by atoms with Crippen LogP contribution in [0, 0.1) is 0 Å². The summed E-state index contributed by atoms with van der Waals surface area (Å²) in [5.41, 5.74) is 7.82. The molecule has 1 aromatic heterocycles. The molecule has 0 saturated carbocycles. The predicted octanol–water partition coefficient (Wildman–Crippen LogP) is 1.74. The maximum absolute atomic E-state index is 11.7. The number of nitrogens with two attached hydrogens (primary N) is 1. The van der Waals surface area contributed by atoms with E-state index in [1.54, 1.807) is 0 Å². The molecule has 0 atom stereocenters. The number of aryl methyl sites for hydroxylation is 2. The maximum Gasteiger partial charge on any atom is 0.243 e. The quantitative estimate of drug-likeness (QED) is 0.712. The summed E-state index contributed by atoms with van der Waals surface area (Å²) in [6.07, 6.45) is 5.52. The molecule has 0 fully saturated rings. The molecule has 2 aromatic rings. The van der Waals surface area contributed by atoms with Crippen molar-refractivity contribution in [1.29, 1.82) is 0 Å². The van der Waals surface area contributed by atoms with Gasteiger partial charge in [-0.05, 0) is 25.0 Å². The Bertz CT molecular complexity index is 723. The Labute approximate surface area is 164 Å². The minimum Gasteiger partial charge on any atom is -0.346 e. The summed E-state index contributed by atoms with van der Waals surface area (Å²) >= 11 is 0. The first kappa shape index (κ1) is 22.0. The van der Waals surface area contributed by atoms with Crippen LogP contribution in [0.15, 0.2) is 30.5 Å². The van der Waals surface area contributed by atoms with E-state index in [0.29, 0.717) is 5.69 Å². The lowest BCUT2D eigenvalue weighted by molar-refractivity contribution is -0.123. The van der Waals surface area contributed by atoms with Gasteiger partial charge in [0.15, 0.2) is 0 Å². The molecule has 142 valence electrons. The van der Waals surface area contributed by atoms with E-state index in [2.05, 4.69) is 26.4 Å². The highest BCUT2D eigenvalue weighted by Crippen LogP contribution is 2.23. The van der Waals surface area contributed by atoms with Crippen LogP contribution < -0.4 is 16.4 Å². The van der Waals surface area contributed by atoms with Gasteiger partial charge < -0.3 is 20.9 Å². The number of halogens is 2. The van der Waals surface area contributed by atoms with Gasteiger partial charge in [-0.3, -0.25) is 9.59 Å². The number of carbonyl (C=O) groups excluding carboxylic acids is 2. The maximum atomic E-state index is 11.7. The molecule has 0 spiro atoms. The van der Waals surface area contributed by atoms with Crippen LogP contribution in [-0.2, 0) is 22.6 Å². The Balaban J connectivity index is 0.00000169. The topological polar surface area (TPSA) is 102 Å². The third kappa shape index (κ3) is 5.45. The number of hydrogen-bond acceptors (Lipinski definition) is 4. The molecule has 0 saturated heterocycles. The third-order valence-electron chi connectivity index (χ3n) is 4.00. The molecule has 3 rings (SSSR count). The fourth-order valence-electron chi connectivity index (χ4n) is 2.73. The number of benzene rings is 1. The van der Waals surface area contributed by atoms with Crippen LogP contribution in [0.3, 0.4) is 0 Å². The Hall–Kier alpha value is -2.09. The van der Waals surface area contributed by atoms with E-state index in [4.69, 9.17) is 5.73 Å². The average molecular weight is 400 g/mol. The molecule has 2 heterocycles. The van der Waals surface area contributed by atoms with E-state index < -0.39 is 0 Å². The van der Waals surface area contributed by atoms with Crippen molar-refractivity contribution in [1.82, 2.24) is 14.9 Å². The number of anilines is 1. The first-order valence-electron chi connectivity index (χ1n) is 8.09. The van der Waals surface area contributed by atoms with Crippen LogP contribution in [0.25, 0.3) is 11.3 Å². The van der Waals surface area contributed by atoms with Crippen LogP contribution >= 0.6 is 24.8 Å². The number of fused-ring (bicyclic) bond motifs is 1. The van der Waals surface area contributed by atoms with Crippen LogP contribution in [0.4, 0.5) is 5.69 Å². The number of nitrogens with zero attached hydrogens (tertiary/aromatic N) is 2. The number of aromatic nitrogens is 2. The van der Waals surface area contributed by atoms with Crippen molar-refractivity contribution in [3.8, 4) is 11.3 Å². The summed E-state index contributed by atoms with van der Waals surface area (Å²) in [6.45, 7) is 0.813. The zero-order valence-electron chi connectivity index (χ0n) is 14.2. The molecular weight excluding hydrogens is 377 g/mol. The zero-order valence-corrected chi connectivity index (χ0v) is 15.9. The molecule has 0 aliphatic carbocycles. The van der Waals surface area contributed by atoms with Gasteiger partial charge in [0.25, 0.3) is 0 Å². The molecule has 9 heteroatoms. The van der Waals surface area contributed by atoms with Gasteiger partial charge in [0.05, 0.1) is 18.8 Å². The van der Waals surface area contributed by atoms with Gasteiger partial charge in [0.1, 0.15) is 5.82 Å². The van der Waals surface area contributed by atoms with Gasteiger partial charge in [-0.1, -0.05) is 12.1 Å². The van der Waals surface area contributed by atoms with Gasteiger partial charge >= 0.3 is 0 Å². The monoisotopic (exact) mass is 399 g/mol. The van der Waals surface area contributed by atoms with Crippen LogP contribution in [0.1, 0.15) is 18.7 Å². The van der Waals surface area contributed by atoms with Gasteiger partial charge in [-0.25, -0.2) is 4.98 Å². The average Bonchev–Trinajstić information content (AvgIpc) is 3.04. The van der Waals surface area contributed by atoms with Crippen molar-refractivity contribution >= 4 is 42.3 Å². The highest BCUT2D eigenvalue weighted by molar-refractivity contribution is 5.94. The second-order valence-corrected chi connectivity index (χ2v) is 5.80. The SMILES string of the molecule is Cl.Cl.NCC(=O)NCC(=O)Nc1ccc(-c2cn3c(n2)CCCC3)cc1. The number of amides is 2. The van der Waals surface area contributed by atoms with Crippen LogP contribution in [-0.4, -0.2) is 34.5 Å². The number of carbonyl (C=O) groups is 2. The van der Waals surface area contributed by atoms with Crippen molar-refractivity contribution in [3.63, 3.8) is 0 Å². The Morgan fingerprint density at radius 2 is 1.85 bits per heavy atom. The van der Waals surface area contributed by atoms with Gasteiger partial charge in [-0.2, -0.15) is 0 Å². The first-order chi connectivity index (χ1) is 11.7.